The molecule has 9 heteroatoms. The van der Waals surface area contributed by atoms with Gasteiger partial charge in [-0.15, -0.1) is 23.7 Å². The van der Waals surface area contributed by atoms with E-state index in [9.17, 15) is 9.59 Å². The summed E-state index contributed by atoms with van der Waals surface area (Å²) in [6, 6.07) is 5.41. The van der Waals surface area contributed by atoms with Gasteiger partial charge in [0, 0.05) is 29.4 Å². The minimum Gasteiger partial charge on any atom is -0.491 e. The molecule has 168 valence electrons. The number of carboxylic acids is 1. The van der Waals surface area contributed by atoms with Crippen LogP contribution in [0.3, 0.4) is 0 Å². The van der Waals surface area contributed by atoms with Crippen LogP contribution >= 0.6 is 23.7 Å². The Morgan fingerprint density at radius 3 is 2.65 bits per heavy atom. The second kappa shape index (κ2) is 10.7. The standard InChI is InChI=1S/C22H27N3O4S.ClH/c1-4-5-8-29-19-16-9-14(20-24-17(12-30-20)22(27)28)6-7-15(16)21(26)25(11-13(2)3)18(19)10-23;/h6-7,9,12-13H,4-5,8,10-11,23H2,1-3H3,(H,27,28);1H. The lowest BCUT2D eigenvalue weighted by molar-refractivity contribution is 0.0691. The van der Waals surface area contributed by atoms with Gasteiger partial charge in [-0.1, -0.05) is 33.3 Å². The number of ether oxygens (including phenoxy) is 1. The maximum absolute atomic E-state index is 13.2. The second-order valence-corrected chi connectivity index (χ2v) is 8.45. The van der Waals surface area contributed by atoms with Crippen LogP contribution in [-0.2, 0) is 13.1 Å². The van der Waals surface area contributed by atoms with Crippen molar-refractivity contribution in [3.63, 3.8) is 0 Å². The van der Waals surface area contributed by atoms with Crippen LogP contribution in [0.5, 0.6) is 5.75 Å². The van der Waals surface area contributed by atoms with E-state index in [2.05, 4.69) is 25.8 Å². The maximum atomic E-state index is 13.2. The van der Waals surface area contributed by atoms with Crippen LogP contribution in [0.1, 0.15) is 49.8 Å². The number of hydrogen-bond acceptors (Lipinski definition) is 6. The van der Waals surface area contributed by atoms with E-state index in [1.807, 2.05) is 6.07 Å². The van der Waals surface area contributed by atoms with Crippen molar-refractivity contribution in [2.75, 3.05) is 6.61 Å². The first-order chi connectivity index (χ1) is 14.4. The summed E-state index contributed by atoms with van der Waals surface area (Å²) in [6.45, 7) is 7.47. The molecule has 3 rings (SSSR count). The average molecular weight is 466 g/mol. The third-order valence-electron chi connectivity index (χ3n) is 4.78. The fraction of sp³-hybridized carbons (Fsp3) is 0.409. The zero-order valence-corrected chi connectivity index (χ0v) is 19.5. The zero-order chi connectivity index (χ0) is 21.8. The Labute approximate surface area is 191 Å². The smallest absolute Gasteiger partial charge is 0.355 e. The zero-order valence-electron chi connectivity index (χ0n) is 17.9. The number of pyridine rings is 1. The minimum atomic E-state index is -1.07. The van der Waals surface area contributed by atoms with Gasteiger partial charge < -0.3 is 20.1 Å². The summed E-state index contributed by atoms with van der Waals surface area (Å²) in [5.41, 5.74) is 7.39. The van der Waals surface area contributed by atoms with Crippen LogP contribution in [0.25, 0.3) is 21.3 Å². The van der Waals surface area contributed by atoms with Crippen molar-refractivity contribution in [1.29, 1.82) is 0 Å². The number of aromatic carboxylic acids is 1. The van der Waals surface area contributed by atoms with Gasteiger partial charge in [0.2, 0.25) is 0 Å². The first-order valence-electron chi connectivity index (χ1n) is 10.1. The molecule has 0 aliphatic heterocycles. The molecular formula is C22H28ClN3O4S. The van der Waals surface area contributed by atoms with Gasteiger partial charge in [0.25, 0.3) is 5.56 Å². The van der Waals surface area contributed by atoms with Gasteiger partial charge in [-0.05, 0) is 24.5 Å². The second-order valence-electron chi connectivity index (χ2n) is 7.59. The van der Waals surface area contributed by atoms with Crippen LogP contribution in [0.4, 0.5) is 0 Å². The molecule has 0 amide bonds. The molecule has 0 unspecified atom stereocenters. The summed E-state index contributed by atoms with van der Waals surface area (Å²) < 4.78 is 7.86. The Morgan fingerprint density at radius 1 is 1.32 bits per heavy atom. The fourth-order valence-corrected chi connectivity index (χ4v) is 4.13. The van der Waals surface area contributed by atoms with Crippen LogP contribution in [0.2, 0.25) is 0 Å². The highest BCUT2D eigenvalue weighted by Crippen LogP contribution is 2.33. The van der Waals surface area contributed by atoms with E-state index in [0.29, 0.717) is 40.4 Å². The van der Waals surface area contributed by atoms with Crippen molar-refractivity contribution in [1.82, 2.24) is 9.55 Å². The van der Waals surface area contributed by atoms with E-state index in [-0.39, 0.29) is 36.1 Å². The fourth-order valence-electron chi connectivity index (χ4n) is 3.34. The van der Waals surface area contributed by atoms with Crippen molar-refractivity contribution in [3.05, 3.63) is 45.3 Å². The third kappa shape index (κ3) is 5.26. The lowest BCUT2D eigenvalue weighted by Gasteiger charge is -2.20. The number of unbranched alkanes of at least 4 members (excludes halogenated alkanes) is 1. The third-order valence-corrected chi connectivity index (χ3v) is 5.67. The number of nitrogens with zero attached hydrogens (tertiary/aromatic N) is 2. The Hall–Kier alpha value is -2.42. The number of benzene rings is 1. The molecule has 3 aromatic rings. The molecule has 7 nitrogen and oxygen atoms in total. The summed E-state index contributed by atoms with van der Waals surface area (Å²) in [5, 5.41) is 12.5. The molecule has 0 spiro atoms. The Kier molecular flexibility index (Phi) is 8.61. The number of rotatable bonds is 9. The monoisotopic (exact) mass is 465 g/mol. The highest BCUT2D eigenvalue weighted by Gasteiger charge is 2.19. The predicted molar refractivity (Wildman–Crippen MR) is 127 cm³/mol. The van der Waals surface area contributed by atoms with Crippen LogP contribution in [-0.4, -0.2) is 27.2 Å². The molecule has 0 saturated heterocycles. The number of nitrogens with two attached hydrogens (primary N) is 1. The summed E-state index contributed by atoms with van der Waals surface area (Å²) in [7, 11) is 0. The number of carboxylic acid groups (broad SMARTS) is 1. The van der Waals surface area contributed by atoms with Crippen LogP contribution in [0.15, 0.2) is 28.4 Å². The molecule has 0 fully saturated rings. The molecule has 0 saturated carbocycles. The van der Waals surface area contributed by atoms with E-state index in [1.165, 1.54) is 16.7 Å². The largest absolute Gasteiger partial charge is 0.491 e. The number of fused-ring (bicyclic) bond motifs is 1. The summed E-state index contributed by atoms with van der Waals surface area (Å²) in [6.07, 6.45) is 1.88. The van der Waals surface area contributed by atoms with E-state index < -0.39 is 5.97 Å². The van der Waals surface area contributed by atoms with Crippen molar-refractivity contribution in [3.8, 4) is 16.3 Å². The molecule has 0 atom stereocenters. The lowest BCUT2D eigenvalue weighted by Crippen LogP contribution is -2.28. The van der Waals surface area contributed by atoms with Crippen molar-refractivity contribution in [2.24, 2.45) is 11.7 Å². The number of aromatic nitrogens is 2. The van der Waals surface area contributed by atoms with Gasteiger partial charge >= 0.3 is 5.97 Å². The van der Waals surface area contributed by atoms with Gasteiger partial charge in [0.1, 0.15) is 10.8 Å². The predicted octanol–water partition coefficient (Wildman–Crippen LogP) is 4.54. The summed E-state index contributed by atoms with van der Waals surface area (Å²) in [4.78, 5) is 28.6. The first kappa shape index (κ1) is 24.8. The van der Waals surface area contributed by atoms with E-state index >= 15 is 0 Å². The summed E-state index contributed by atoms with van der Waals surface area (Å²) in [5.74, 6) is -0.167. The number of halogens is 1. The number of thiazole rings is 1. The van der Waals surface area contributed by atoms with Gasteiger partial charge in [0.15, 0.2) is 5.69 Å². The van der Waals surface area contributed by atoms with E-state index in [0.717, 1.165) is 18.4 Å². The molecule has 0 radical (unpaired) electrons. The molecule has 0 aliphatic rings. The lowest BCUT2D eigenvalue weighted by atomic mass is 10.1. The van der Waals surface area contributed by atoms with Crippen molar-refractivity contribution < 1.29 is 14.6 Å². The molecule has 1 aromatic carbocycles. The average Bonchev–Trinajstić information content (AvgIpc) is 3.21. The molecule has 2 aromatic heterocycles. The van der Waals surface area contributed by atoms with Crippen LogP contribution in [0, 0.1) is 5.92 Å². The van der Waals surface area contributed by atoms with Crippen molar-refractivity contribution >= 4 is 40.5 Å². The molecule has 0 aliphatic carbocycles. The Balaban J connectivity index is 0.00000341. The highest BCUT2D eigenvalue weighted by molar-refractivity contribution is 7.13. The number of hydrogen-bond donors (Lipinski definition) is 2. The minimum absolute atomic E-state index is 0. The van der Waals surface area contributed by atoms with Gasteiger partial charge in [-0.25, -0.2) is 9.78 Å². The highest BCUT2D eigenvalue weighted by atomic mass is 35.5. The SMILES string of the molecule is CCCCOc1c(CN)n(CC(C)C)c(=O)c2ccc(-c3nc(C(=O)O)cs3)cc12.Cl. The summed E-state index contributed by atoms with van der Waals surface area (Å²) >= 11 is 1.25. The van der Waals surface area contributed by atoms with E-state index in [4.69, 9.17) is 15.6 Å². The van der Waals surface area contributed by atoms with Gasteiger partial charge in [-0.3, -0.25) is 4.79 Å². The van der Waals surface area contributed by atoms with Gasteiger partial charge in [-0.2, -0.15) is 0 Å². The normalized spacial score (nSPS) is 11.0. The molecule has 2 heterocycles. The van der Waals surface area contributed by atoms with Crippen molar-refractivity contribution in [2.45, 2.75) is 46.7 Å². The quantitative estimate of drug-likeness (QED) is 0.449. The first-order valence-corrected chi connectivity index (χ1v) is 11.0. The molecule has 0 bridgehead atoms. The van der Waals surface area contributed by atoms with E-state index in [1.54, 1.807) is 16.7 Å². The van der Waals surface area contributed by atoms with Gasteiger partial charge in [0.05, 0.1) is 17.7 Å². The Bertz CT molecular complexity index is 1120. The maximum Gasteiger partial charge on any atom is 0.355 e. The van der Waals surface area contributed by atoms with Crippen LogP contribution < -0.4 is 16.0 Å². The molecule has 3 N–H and O–H groups in total. The topological polar surface area (TPSA) is 107 Å². The Morgan fingerprint density at radius 2 is 2.06 bits per heavy atom. The molecule has 31 heavy (non-hydrogen) atoms. The molecular weight excluding hydrogens is 438 g/mol. The number of carbonyl (C=O) groups is 1.